The van der Waals surface area contributed by atoms with E-state index < -0.39 is 4.92 Å². The van der Waals surface area contributed by atoms with Crippen LogP contribution in [0.15, 0.2) is 18.2 Å². The number of hydrogen-bond donors (Lipinski definition) is 1. The summed E-state index contributed by atoms with van der Waals surface area (Å²) in [4.78, 5) is 10.4. The summed E-state index contributed by atoms with van der Waals surface area (Å²) in [6.45, 7) is 2.42. The Morgan fingerprint density at radius 2 is 2.18 bits per heavy atom. The Bertz CT molecular complexity index is 394. The van der Waals surface area contributed by atoms with E-state index in [4.69, 9.17) is 4.74 Å². The first-order valence-corrected chi connectivity index (χ1v) is 5.39. The maximum Gasteiger partial charge on any atom is 0.311 e. The molecule has 6 nitrogen and oxygen atoms in total. The summed E-state index contributed by atoms with van der Waals surface area (Å²) < 4.78 is 5.37. The predicted octanol–water partition coefficient (Wildman–Crippen LogP) is 2.27. The van der Waals surface area contributed by atoms with E-state index in [0.717, 1.165) is 12.1 Å². The van der Waals surface area contributed by atoms with Crippen LogP contribution >= 0.6 is 0 Å². The molecule has 0 unspecified atom stereocenters. The molecule has 0 saturated heterocycles. The van der Waals surface area contributed by atoms with Gasteiger partial charge in [0.05, 0.1) is 17.2 Å². The van der Waals surface area contributed by atoms with E-state index in [0.29, 0.717) is 12.4 Å². The quantitative estimate of drug-likeness (QED) is 0.609. The Morgan fingerprint density at radius 3 is 2.71 bits per heavy atom. The number of nitrogens with zero attached hydrogens (tertiary/aromatic N) is 2. The van der Waals surface area contributed by atoms with Gasteiger partial charge < -0.3 is 10.2 Å². The number of hydrazine groups is 1. The first-order valence-electron chi connectivity index (χ1n) is 5.39. The van der Waals surface area contributed by atoms with Crippen molar-refractivity contribution in [2.24, 2.45) is 0 Å². The average Bonchev–Trinajstić information content (AvgIpc) is 2.25. The zero-order chi connectivity index (χ0) is 12.8. The Balaban J connectivity index is 2.96. The molecule has 0 heterocycles. The highest BCUT2D eigenvalue weighted by Crippen LogP contribution is 2.30. The molecule has 0 spiro atoms. The van der Waals surface area contributed by atoms with Crippen LogP contribution in [0, 0.1) is 10.1 Å². The first kappa shape index (κ1) is 13.2. The first-order chi connectivity index (χ1) is 8.04. The molecular formula is C11H17N3O3. The number of hydrogen-bond acceptors (Lipinski definition) is 5. The van der Waals surface area contributed by atoms with Crippen molar-refractivity contribution >= 4 is 11.4 Å². The summed E-state index contributed by atoms with van der Waals surface area (Å²) in [6, 6.07) is 4.72. The van der Waals surface area contributed by atoms with Gasteiger partial charge >= 0.3 is 5.69 Å². The molecular weight excluding hydrogens is 222 g/mol. The van der Waals surface area contributed by atoms with Crippen LogP contribution in [0.3, 0.4) is 0 Å². The lowest BCUT2D eigenvalue weighted by molar-refractivity contribution is -0.385. The van der Waals surface area contributed by atoms with Gasteiger partial charge in [-0.3, -0.25) is 10.1 Å². The number of anilines is 1. The Labute approximate surface area is 100 Å². The SMILES string of the molecule is CCCOc1cc(NN(C)C)ccc1[N+](=O)[O-]. The van der Waals surface area contributed by atoms with Crippen molar-refractivity contribution in [1.82, 2.24) is 5.01 Å². The minimum absolute atomic E-state index is 0.0113. The van der Waals surface area contributed by atoms with Crippen LogP contribution in [-0.2, 0) is 0 Å². The number of benzene rings is 1. The van der Waals surface area contributed by atoms with Crippen LogP contribution in [0.2, 0.25) is 0 Å². The third kappa shape index (κ3) is 3.92. The van der Waals surface area contributed by atoms with Crippen molar-refractivity contribution in [3.05, 3.63) is 28.3 Å². The van der Waals surface area contributed by atoms with Gasteiger partial charge in [0, 0.05) is 26.2 Å². The van der Waals surface area contributed by atoms with Crippen LogP contribution in [0.25, 0.3) is 0 Å². The molecule has 0 bridgehead atoms. The van der Waals surface area contributed by atoms with Gasteiger partial charge in [0.1, 0.15) is 0 Å². The summed E-state index contributed by atoms with van der Waals surface area (Å²) in [6.07, 6.45) is 0.808. The summed E-state index contributed by atoms with van der Waals surface area (Å²) in [5.41, 5.74) is 3.76. The molecule has 6 heteroatoms. The van der Waals surface area contributed by atoms with E-state index in [-0.39, 0.29) is 5.69 Å². The minimum atomic E-state index is -0.440. The van der Waals surface area contributed by atoms with Gasteiger partial charge in [0.15, 0.2) is 5.75 Å². The molecule has 1 N–H and O–H groups in total. The predicted molar refractivity (Wildman–Crippen MR) is 66.2 cm³/mol. The van der Waals surface area contributed by atoms with E-state index in [2.05, 4.69) is 5.43 Å². The molecule has 0 amide bonds. The molecule has 0 radical (unpaired) electrons. The standard InChI is InChI=1S/C11H17N3O3/c1-4-7-17-11-8-9(12-13(2)3)5-6-10(11)14(15)16/h5-6,8,12H,4,7H2,1-3H3. The zero-order valence-corrected chi connectivity index (χ0v) is 10.3. The van der Waals surface area contributed by atoms with E-state index >= 15 is 0 Å². The van der Waals surface area contributed by atoms with Crippen LogP contribution < -0.4 is 10.2 Å². The Kier molecular flexibility index (Phi) is 4.71. The molecule has 17 heavy (non-hydrogen) atoms. The minimum Gasteiger partial charge on any atom is -0.487 e. The van der Waals surface area contributed by atoms with Gasteiger partial charge in [-0.05, 0) is 12.5 Å². The molecule has 1 aromatic rings. The van der Waals surface area contributed by atoms with Gasteiger partial charge in [0.25, 0.3) is 0 Å². The van der Waals surface area contributed by atoms with E-state index in [9.17, 15) is 10.1 Å². The fraction of sp³-hybridized carbons (Fsp3) is 0.455. The second-order valence-corrected chi connectivity index (χ2v) is 3.79. The molecule has 0 aliphatic heterocycles. The van der Waals surface area contributed by atoms with Crippen molar-refractivity contribution in [1.29, 1.82) is 0 Å². The summed E-state index contributed by atoms with van der Waals surface area (Å²) >= 11 is 0. The van der Waals surface area contributed by atoms with Gasteiger partial charge in [-0.25, -0.2) is 5.01 Å². The summed E-state index contributed by atoms with van der Waals surface area (Å²) in [5.74, 6) is 0.295. The molecule has 0 aliphatic rings. The molecule has 0 fully saturated rings. The molecule has 94 valence electrons. The second-order valence-electron chi connectivity index (χ2n) is 3.79. The molecule has 0 aliphatic carbocycles. The van der Waals surface area contributed by atoms with Crippen molar-refractivity contribution < 1.29 is 9.66 Å². The maximum absolute atomic E-state index is 10.8. The Hall–Kier alpha value is -1.82. The highest BCUT2D eigenvalue weighted by Gasteiger charge is 2.15. The number of nitro benzene ring substituents is 1. The van der Waals surface area contributed by atoms with E-state index in [1.165, 1.54) is 6.07 Å². The number of rotatable bonds is 6. The molecule has 0 saturated carbocycles. The largest absolute Gasteiger partial charge is 0.487 e. The van der Waals surface area contributed by atoms with Crippen molar-refractivity contribution in [2.45, 2.75) is 13.3 Å². The topological polar surface area (TPSA) is 67.6 Å². The maximum atomic E-state index is 10.8. The lowest BCUT2D eigenvalue weighted by Gasteiger charge is -2.14. The van der Waals surface area contributed by atoms with E-state index in [1.807, 2.05) is 21.0 Å². The summed E-state index contributed by atoms with van der Waals surface area (Å²) in [5, 5.41) is 12.6. The van der Waals surface area contributed by atoms with E-state index in [1.54, 1.807) is 17.1 Å². The molecule has 1 rings (SSSR count). The monoisotopic (exact) mass is 239 g/mol. The second kappa shape index (κ2) is 6.05. The van der Waals surface area contributed by atoms with Crippen molar-refractivity contribution in [3.63, 3.8) is 0 Å². The molecule has 0 aromatic heterocycles. The van der Waals surface area contributed by atoms with Crippen LogP contribution in [0.5, 0.6) is 5.75 Å². The number of nitro groups is 1. The number of nitrogens with one attached hydrogen (secondary N) is 1. The van der Waals surface area contributed by atoms with Crippen LogP contribution in [-0.4, -0.2) is 30.6 Å². The molecule has 1 aromatic carbocycles. The van der Waals surface area contributed by atoms with Crippen molar-refractivity contribution in [2.75, 3.05) is 26.1 Å². The third-order valence-electron chi connectivity index (χ3n) is 1.97. The van der Waals surface area contributed by atoms with Crippen LogP contribution in [0.1, 0.15) is 13.3 Å². The van der Waals surface area contributed by atoms with Gasteiger partial charge in [-0.15, -0.1) is 0 Å². The van der Waals surface area contributed by atoms with Crippen molar-refractivity contribution in [3.8, 4) is 5.75 Å². The zero-order valence-electron chi connectivity index (χ0n) is 10.3. The highest BCUT2D eigenvalue weighted by atomic mass is 16.6. The average molecular weight is 239 g/mol. The third-order valence-corrected chi connectivity index (χ3v) is 1.97. The van der Waals surface area contributed by atoms with Gasteiger partial charge in [0.2, 0.25) is 0 Å². The fourth-order valence-electron chi connectivity index (χ4n) is 1.32. The smallest absolute Gasteiger partial charge is 0.311 e. The summed E-state index contributed by atoms with van der Waals surface area (Å²) in [7, 11) is 3.68. The number of ether oxygens (including phenoxy) is 1. The highest BCUT2D eigenvalue weighted by molar-refractivity contribution is 5.57. The fourth-order valence-corrected chi connectivity index (χ4v) is 1.32. The van der Waals surface area contributed by atoms with Gasteiger partial charge in [-0.1, -0.05) is 6.92 Å². The lowest BCUT2D eigenvalue weighted by atomic mass is 10.2. The molecule has 0 atom stereocenters. The lowest BCUT2D eigenvalue weighted by Crippen LogP contribution is -2.19. The Morgan fingerprint density at radius 1 is 1.47 bits per heavy atom. The normalized spacial score (nSPS) is 10.4. The van der Waals surface area contributed by atoms with Crippen LogP contribution in [0.4, 0.5) is 11.4 Å². The van der Waals surface area contributed by atoms with Gasteiger partial charge in [-0.2, -0.15) is 0 Å².